The first-order valence-electron chi connectivity index (χ1n) is 5.72. The number of alkyl halides is 3. The molecule has 0 aliphatic heterocycles. The highest BCUT2D eigenvalue weighted by Gasteiger charge is 2.34. The van der Waals surface area contributed by atoms with Crippen molar-refractivity contribution in [3.05, 3.63) is 40.4 Å². The lowest BCUT2D eigenvalue weighted by atomic mass is 10.0. The van der Waals surface area contributed by atoms with Crippen LogP contribution in [0.3, 0.4) is 0 Å². The minimum Gasteiger partial charge on any atom is -0.323 e. The average Bonchev–Trinajstić information content (AvgIpc) is 2.81. The first-order valence-corrected chi connectivity index (χ1v) is 7.52. The third-order valence-corrected chi connectivity index (χ3v) is 4.65. The topological polar surface area (TPSA) is 51.8 Å². The summed E-state index contributed by atoms with van der Waals surface area (Å²) in [6.45, 7) is 1.82. The number of hydrogen-bond donors (Lipinski definition) is 1. The van der Waals surface area contributed by atoms with E-state index in [9.17, 15) is 13.2 Å². The number of halogens is 3. The second-order valence-electron chi connectivity index (χ2n) is 4.09. The first-order chi connectivity index (χ1) is 9.38. The normalized spacial score (nSPS) is 13.4. The van der Waals surface area contributed by atoms with E-state index in [1.807, 2.05) is 6.92 Å². The lowest BCUT2D eigenvalue weighted by Crippen LogP contribution is -2.19. The lowest BCUT2D eigenvalue weighted by molar-refractivity contribution is -0.138. The van der Waals surface area contributed by atoms with Gasteiger partial charge in [0.1, 0.15) is 5.01 Å². The maximum absolute atomic E-state index is 12.9. The first kappa shape index (κ1) is 15.3. The summed E-state index contributed by atoms with van der Waals surface area (Å²) in [5.74, 6) is 0.321. The van der Waals surface area contributed by atoms with Gasteiger partial charge in [0.25, 0.3) is 0 Å². The number of aryl methyl sites for hydroxylation is 1. The molecule has 2 rings (SSSR count). The van der Waals surface area contributed by atoms with Gasteiger partial charge in [0.15, 0.2) is 4.34 Å². The van der Waals surface area contributed by atoms with Crippen LogP contribution in [-0.2, 0) is 6.18 Å². The van der Waals surface area contributed by atoms with Crippen LogP contribution in [0.15, 0.2) is 28.6 Å². The van der Waals surface area contributed by atoms with E-state index in [0.29, 0.717) is 10.1 Å². The fourth-order valence-corrected chi connectivity index (χ4v) is 3.48. The summed E-state index contributed by atoms with van der Waals surface area (Å²) in [5.41, 5.74) is 5.31. The van der Waals surface area contributed by atoms with Gasteiger partial charge in [-0.15, -0.1) is 10.2 Å². The number of aromatic nitrogens is 2. The van der Waals surface area contributed by atoms with Crippen LogP contribution in [-0.4, -0.2) is 16.0 Å². The van der Waals surface area contributed by atoms with Crippen LogP contribution in [0.5, 0.6) is 0 Å². The molecule has 0 bridgehead atoms. The maximum atomic E-state index is 12.9. The Morgan fingerprint density at radius 2 is 2.00 bits per heavy atom. The lowest BCUT2D eigenvalue weighted by Gasteiger charge is -2.17. The minimum atomic E-state index is -4.39. The van der Waals surface area contributed by atoms with E-state index in [0.717, 1.165) is 11.1 Å². The summed E-state index contributed by atoms with van der Waals surface area (Å²) in [4.78, 5) is 0. The van der Waals surface area contributed by atoms with E-state index in [-0.39, 0.29) is 5.56 Å². The Morgan fingerprint density at radius 1 is 1.30 bits per heavy atom. The fraction of sp³-hybridized carbons (Fsp3) is 0.333. The van der Waals surface area contributed by atoms with Crippen molar-refractivity contribution >= 4 is 23.1 Å². The average molecular weight is 319 g/mol. The van der Waals surface area contributed by atoms with Gasteiger partial charge >= 0.3 is 6.18 Å². The van der Waals surface area contributed by atoms with Gasteiger partial charge in [0, 0.05) is 11.8 Å². The summed E-state index contributed by atoms with van der Waals surface area (Å²) < 4.78 is 39.4. The van der Waals surface area contributed by atoms with E-state index in [2.05, 4.69) is 10.2 Å². The second-order valence-corrected chi connectivity index (χ2v) is 6.54. The fourth-order valence-electron chi connectivity index (χ4n) is 1.67. The van der Waals surface area contributed by atoms with Gasteiger partial charge in [0.2, 0.25) is 0 Å². The number of hydrogen-bond acceptors (Lipinski definition) is 5. The second kappa shape index (κ2) is 6.11. The van der Waals surface area contributed by atoms with Crippen LogP contribution in [0.1, 0.15) is 22.2 Å². The Bertz CT molecular complexity index is 583. The Labute approximate surface area is 122 Å². The number of nitrogens with zero attached hydrogens (tertiary/aromatic N) is 2. The van der Waals surface area contributed by atoms with Crippen molar-refractivity contribution in [1.29, 1.82) is 0 Å². The third kappa shape index (κ3) is 3.71. The largest absolute Gasteiger partial charge is 0.416 e. The van der Waals surface area contributed by atoms with Crippen molar-refractivity contribution in [2.75, 3.05) is 5.75 Å². The van der Waals surface area contributed by atoms with E-state index < -0.39 is 17.8 Å². The van der Waals surface area contributed by atoms with Crippen LogP contribution in [0.2, 0.25) is 0 Å². The summed E-state index contributed by atoms with van der Waals surface area (Å²) in [7, 11) is 0. The molecule has 2 aromatic rings. The Hall–Kier alpha value is -1.12. The van der Waals surface area contributed by atoms with Crippen molar-refractivity contribution in [2.24, 2.45) is 5.73 Å². The number of benzene rings is 1. The molecule has 0 aliphatic carbocycles. The van der Waals surface area contributed by atoms with E-state index in [1.54, 1.807) is 6.07 Å². The SMILES string of the molecule is Cc1nnc(SCC(N)c2ccccc2C(F)(F)F)s1. The van der Waals surface area contributed by atoms with Gasteiger partial charge in [-0.3, -0.25) is 0 Å². The molecule has 1 aromatic carbocycles. The third-order valence-electron chi connectivity index (χ3n) is 2.56. The highest BCUT2D eigenvalue weighted by molar-refractivity contribution is 8.01. The van der Waals surface area contributed by atoms with Crippen LogP contribution >= 0.6 is 23.1 Å². The number of rotatable bonds is 4. The zero-order valence-electron chi connectivity index (χ0n) is 10.5. The van der Waals surface area contributed by atoms with E-state index in [4.69, 9.17) is 5.73 Å². The Balaban J connectivity index is 2.11. The zero-order chi connectivity index (χ0) is 14.8. The van der Waals surface area contributed by atoms with E-state index >= 15 is 0 Å². The van der Waals surface area contributed by atoms with Crippen molar-refractivity contribution in [3.8, 4) is 0 Å². The molecule has 1 atom stereocenters. The zero-order valence-corrected chi connectivity index (χ0v) is 12.1. The molecule has 20 heavy (non-hydrogen) atoms. The van der Waals surface area contributed by atoms with Crippen LogP contribution in [0.25, 0.3) is 0 Å². The number of thioether (sulfide) groups is 1. The molecule has 0 saturated carbocycles. The predicted octanol–water partition coefficient (Wildman–Crippen LogP) is 3.66. The molecule has 0 saturated heterocycles. The van der Waals surface area contributed by atoms with Crippen molar-refractivity contribution in [1.82, 2.24) is 10.2 Å². The van der Waals surface area contributed by atoms with Gasteiger partial charge in [0.05, 0.1) is 5.56 Å². The van der Waals surface area contributed by atoms with Crippen LogP contribution < -0.4 is 5.73 Å². The molecule has 8 heteroatoms. The predicted molar refractivity (Wildman–Crippen MR) is 73.7 cm³/mol. The van der Waals surface area contributed by atoms with Crippen LogP contribution in [0, 0.1) is 6.92 Å². The summed E-state index contributed by atoms with van der Waals surface area (Å²) in [6, 6.07) is 4.68. The maximum Gasteiger partial charge on any atom is 0.416 e. The molecule has 3 nitrogen and oxygen atoms in total. The number of nitrogens with two attached hydrogens (primary N) is 1. The van der Waals surface area contributed by atoms with Crippen LogP contribution in [0.4, 0.5) is 13.2 Å². The van der Waals surface area contributed by atoms with Crippen molar-refractivity contribution in [3.63, 3.8) is 0 Å². The molecular formula is C12H12F3N3S2. The Morgan fingerprint density at radius 3 is 2.60 bits per heavy atom. The van der Waals surface area contributed by atoms with Gasteiger partial charge < -0.3 is 5.73 Å². The quantitative estimate of drug-likeness (QED) is 0.874. The molecule has 0 spiro atoms. The standard InChI is InChI=1S/C12H12F3N3S2/c1-7-17-18-11(20-7)19-6-10(16)8-4-2-3-5-9(8)12(13,14)15/h2-5,10H,6,16H2,1H3. The molecule has 1 unspecified atom stereocenters. The summed E-state index contributed by atoms with van der Waals surface area (Å²) >= 11 is 2.71. The van der Waals surface area contributed by atoms with Gasteiger partial charge in [-0.05, 0) is 18.6 Å². The molecule has 0 amide bonds. The van der Waals surface area contributed by atoms with Gasteiger partial charge in [-0.25, -0.2) is 0 Å². The van der Waals surface area contributed by atoms with Gasteiger partial charge in [-0.1, -0.05) is 41.3 Å². The minimum absolute atomic E-state index is 0.105. The molecule has 2 N–H and O–H groups in total. The Kier molecular flexibility index (Phi) is 4.66. The van der Waals surface area contributed by atoms with Crippen molar-refractivity contribution < 1.29 is 13.2 Å². The molecule has 108 valence electrons. The molecule has 1 aromatic heterocycles. The van der Waals surface area contributed by atoms with Gasteiger partial charge in [-0.2, -0.15) is 13.2 Å². The molecule has 0 radical (unpaired) electrons. The highest BCUT2D eigenvalue weighted by Crippen LogP contribution is 2.35. The highest BCUT2D eigenvalue weighted by atomic mass is 32.2. The summed E-state index contributed by atoms with van der Waals surface area (Å²) in [6.07, 6.45) is -4.39. The molecule has 0 fully saturated rings. The molecular weight excluding hydrogens is 307 g/mol. The summed E-state index contributed by atoms with van der Waals surface area (Å²) in [5, 5.41) is 8.57. The van der Waals surface area contributed by atoms with Crippen molar-refractivity contribution in [2.45, 2.75) is 23.5 Å². The smallest absolute Gasteiger partial charge is 0.323 e. The molecule has 1 heterocycles. The van der Waals surface area contributed by atoms with E-state index in [1.165, 1.54) is 35.2 Å². The molecule has 0 aliphatic rings. The monoisotopic (exact) mass is 319 g/mol.